The molecule has 5 heteroatoms. The van der Waals surface area contributed by atoms with Crippen molar-refractivity contribution in [2.75, 3.05) is 4.72 Å². The maximum atomic E-state index is 12.3. The van der Waals surface area contributed by atoms with Crippen LogP contribution in [0.3, 0.4) is 0 Å². The molecule has 0 aromatic heterocycles. The Hall–Kier alpha value is -1.52. The summed E-state index contributed by atoms with van der Waals surface area (Å²) in [5.74, 6) is 0. The Morgan fingerprint density at radius 3 is 2.05 bits per heavy atom. The van der Waals surface area contributed by atoms with Gasteiger partial charge in [-0.2, -0.15) is 0 Å². The van der Waals surface area contributed by atoms with Crippen LogP contribution in [0.4, 0.5) is 5.69 Å². The van der Waals surface area contributed by atoms with Crippen LogP contribution in [0.1, 0.15) is 26.3 Å². The fourth-order valence-corrected chi connectivity index (χ4v) is 3.49. The molecule has 0 fully saturated rings. The first-order chi connectivity index (χ1) is 9.70. The van der Waals surface area contributed by atoms with Gasteiger partial charge in [0, 0.05) is 5.69 Å². The topological polar surface area (TPSA) is 46.2 Å². The number of nitrogens with one attached hydrogen (secondary N) is 1. The van der Waals surface area contributed by atoms with Gasteiger partial charge >= 0.3 is 0 Å². The molecule has 0 saturated heterocycles. The zero-order valence-corrected chi connectivity index (χ0v) is 13.8. The van der Waals surface area contributed by atoms with E-state index in [0.29, 0.717) is 5.69 Å². The normalized spacial score (nSPS) is 12.2. The largest absolute Gasteiger partial charge is 0.280 e. The van der Waals surface area contributed by atoms with Crippen LogP contribution in [0.5, 0.6) is 0 Å². The van der Waals surface area contributed by atoms with Gasteiger partial charge < -0.3 is 0 Å². The van der Waals surface area contributed by atoms with Crippen molar-refractivity contribution in [3.05, 3.63) is 59.1 Å². The molecule has 2 aromatic rings. The second kappa shape index (κ2) is 5.70. The van der Waals surface area contributed by atoms with Crippen LogP contribution in [0.2, 0.25) is 5.02 Å². The van der Waals surface area contributed by atoms with Crippen molar-refractivity contribution >= 4 is 27.3 Å². The summed E-state index contributed by atoms with van der Waals surface area (Å²) < 4.78 is 27.2. The van der Waals surface area contributed by atoms with Crippen LogP contribution in [-0.2, 0) is 15.4 Å². The number of halogens is 1. The van der Waals surface area contributed by atoms with Gasteiger partial charge in [-0.15, -0.1) is 0 Å². The molecule has 2 aromatic carbocycles. The molecule has 0 amide bonds. The van der Waals surface area contributed by atoms with Crippen molar-refractivity contribution < 1.29 is 8.42 Å². The van der Waals surface area contributed by atoms with E-state index in [-0.39, 0.29) is 15.3 Å². The lowest BCUT2D eigenvalue weighted by Gasteiger charge is -2.19. The van der Waals surface area contributed by atoms with E-state index in [1.165, 1.54) is 6.07 Å². The van der Waals surface area contributed by atoms with Crippen LogP contribution in [0, 0.1) is 0 Å². The lowest BCUT2D eigenvalue weighted by Crippen LogP contribution is -2.14. The number of sulfonamides is 1. The first kappa shape index (κ1) is 15.9. The molecule has 112 valence electrons. The van der Waals surface area contributed by atoms with Gasteiger partial charge in [-0.3, -0.25) is 4.72 Å². The Kier molecular flexibility index (Phi) is 4.30. The van der Waals surface area contributed by atoms with Gasteiger partial charge in [0.25, 0.3) is 10.0 Å². The predicted molar refractivity (Wildman–Crippen MR) is 87.4 cm³/mol. The fraction of sp³-hybridized carbons (Fsp3) is 0.250. The van der Waals surface area contributed by atoms with Crippen LogP contribution >= 0.6 is 11.6 Å². The highest BCUT2D eigenvalue weighted by atomic mass is 35.5. The van der Waals surface area contributed by atoms with Crippen molar-refractivity contribution in [1.29, 1.82) is 0 Å². The number of hydrogen-bond donors (Lipinski definition) is 1. The van der Waals surface area contributed by atoms with Gasteiger partial charge in [0.05, 0.1) is 5.02 Å². The maximum Gasteiger partial charge on any atom is 0.263 e. The van der Waals surface area contributed by atoms with Crippen molar-refractivity contribution in [2.45, 2.75) is 31.1 Å². The van der Waals surface area contributed by atoms with E-state index in [1.54, 1.807) is 30.3 Å². The average Bonchev–Trinajstić information content (AvgIpc) is 2.38. The third-order valence-electron chi connectivity index (χ3n) is 3.13. The lowest BCUT2D eigenvalue weighted by molar-refractivity contribution is 0.590. The lowest BCUT2D eigenvalue weighted by atomic mass is 9.87. The summed E-state index contributed by atoms with van der Waals surface area (Å²) in [4.78, 5) is 0.0755. The molecule has 0 aliphatic rings. The first-order valence-electron chi connectivity index (χ1n) is 6.58. The Morgan fingerprint density at radius 1 is 0.952 bits per heavy atom. The molecule has 0 aliphatic carbocycles. The third-order valence-corrected chi connectivity index (χ3v) is 5.01. The minimum absolute atomic E-state index is 0.0279. The predicted octanol–water partition coefficient (Wildman–Crippen LogP) is 4.44. The quantitative estimate of drug-likeness (QED) is 0.907. The highest BCUT2D eigenvalue weighted by Gasteiger charge is 2.18. The van der Waals surface area contributed by atoms with Crippen molar-refractivity contribution in [3.8, 4) is 0 Å². The minimum Gasteiger partial charge on any atom is -0.280 e. The molecule has 2 rings (SSSR count). The van der Waals surface area contributed by atoms with E-state index < -0.39 is 10.0 Å². The minimum atomic E-state index is -3.67. The summed E-state index contributed by atoms with van der Waals surface area (Å²) in [6.07, 6.45) is 0. The smallest absolute Gasteiger partial charge is 0.263 e. The SMILES string of the molecule is CC(C)(C)c1ccc(NS(=O)(=O)c2ccccc2Cl)cc1. The molecule has 0 atom stereocenters. The van der Waals surface area contributed by atoms with E-state index in [0.717, 1.165) is 5.56 Å². The zero-order valence-electron chi connectivity index (χ0n) is 12.2. The standard InChI is InChI=1S/C16H18ClNO2S/c1-16(2,3)12-8-10-13(11-9-12)18-21(19,20)15-7-5-4-6-14(15)17/h4-11,18H,1-3H3. The summed E-state index contributed by atoms with van der Waals surface area (Å²) in [6, 6.07) is 13.7. The van der Waals surface area contributed by atoms with Crippen LogP contribution in [-0.4, -0.2) is 8.42 Å². The van der Waals surface area contributed by atoms with E-state index >= 15 is 0 Å². The molecule has 0 unspecified atom stereocenters. The van der Waals surface area contributed by atoms with Gasteiger partial charge in [0.1, 0.15) is 4.90 Å². The van der Waals surface area contributed by atoms with E-state index in [9.17, 15) is 8.42 Å². The van der Waals surface area contributed by atoms with Gasteiger partial charge in [-0.05, 0) is 35.2 Å². The monoisotopic (exact) mass is 323 g/mol. The van der Waals surface area contributed by atoms with Gasteiger partial charge in [-0.1, -0.05) is 56.6 Å². The van der Waals surface area contributed by atoms with Crippen LogP contribution in [0.25, 0.3) is 0 Å². The Labute approximate surface area is 131 Å². The average molecular weight is 324 g/mol. The highest BCUT2D eigenvalue weighted by molar-refractivity contribution is 7.92. The molecular formula is C16H18ClNO2S. The highest BCUT2D eigenvalue weighted by Crippen LogP contribution is 2.26. The van der Waals surface area contributed by atoms with Crippen molar-refractivity contribution in [1.82, 2.24) is 0 Å². The number of rotatable bonds is 3. The molecule has 0 spiro atoms. The van der Waals surface area contributed by atoms with Crippen LogP contribution in [0.15, 0.2) is 53.4 Å². The molecule has 3 nitrogen and oxygen atoms in total. The maximum absolute atomic E-state index is 12.3. The molecule has 0 saturated carbocycles. The number of benzene rings is 2. The Morgan fingerprint density at radius 2 is 1.52 bits per heavy atom. The van der Waals surface area contributed by atoms with Gasteiger partial charge in [0.15, 0.2) is 0 Å². The zero-order chi connectivity index (χ0) is 15.7. The molecule has 21 heavy (non-hydrogen) atoms. The van der Waals surface area contributed by atoms with E-state index in [2.05, 4.69) is 25.5 Å². The summed E-state index contributed by atoms with van der Waals surface area (Å²) in [6.45, 7) is 6.32. The first-order valence-corrected chi connectivity index (χ1v) is 8.44. The molecule has 0 aliphatic heterocycles. The Balaban J connectivity index is 2.28. The summed E-state index contributed by atoms with van der Waals surface area (Å²) in [5, 5.41) is 0.205. The van der Waals surface area contributed by atoms with Gasteiger partial charge in [0.2, 0.25) is 0 Å². The van der Waals surface area contributed by atoms with E-state index in [1.807, 2.05) is 12.1 Å². The molecule has 0 radical (unpaired) electrons. The number of anilines is 1. The van der Waals surface area contributed by atoms with Gasteiger partial charge in [-0.25, -0.2) is 8.42 Å². The Bertz CT molecular complexity index is 732. The third kappa shape index (κ3) is 3.77. The van der Waals surface area contributed by atoms with Crippen LogP contribution < -0.4 is 4.72 Å². The van der Waals surface area contributed by atoms with Crippen molar-refractivity contribution in [3.63, 3.8) is 0 Å². The molecule has 1 N–H and O–H groups in total. The molecule has 0 bridgehead atoms. The summed E-state index contributed by atoms with van der Waals surface area (Å²) in [5.41, 5.74) is 1.69. The van der Waals surface area contributed by atoms with E-state index in [4.69, 9.17) is 11.6 Å². The fourth-order valence-electron chi connectivity index (χ4n) is 1.91. The molecule has 0 heterocycles. The number of hydrogen-bond acceptors (Lipinski definition) is 2. The summed E-state index contributed by atoms with van der Waals surface area (Å²) >= 11 is 5.94. The van der Waals surface area contributed by atoms with Crippen molar-refractivity contribution in [2.24, 2.45) is 0 Å². The second-order valence-electron chi connectivity index (χ2n) is 5.86. The second-order valence-corrected chi connectivity index (χ2v) is 7.92. The molecular weight excluding hydrogens is 306 g/mol. The summed E-state index contributed by atoms with van der Waals surface area (Å²) in [7, 11) is -3.67.